The number of nitrogens with zero attached hydrogens (tertiary/aromatic N) is 1. The summed E-state index contributed by atoms with van der Waals surface area (Å²) in [6.45, 7) is 15.0. The van der Waals surface area contributed by atoms with Crippen molar-refractivity contribution in [1.29, 1.82) is 0 Å². The van der Waals surface area contributed by atoms with Crippen LogP contribution in [0.1, 0.15) is 68.5 Å². The number of amides is 1. The Balaban J connectivity index is 2.59. The quantitative estimate of drug-likeness (QED) is 0.626. The summed E-state index contributed by atoms with van der Waals surface area (Å²) in [5.74, 6) is -0.491. The smallest absolute Gasteiger partial charge is 0.337 e. The van der Waals surface area contributed by atoms with Crippen LogP contribution in [0.25, 0.3) is 0 Å². The molecule has 1 aliphatic heterocycles. The molecule has 6 heteroatoms. The van der Waals surface area contributed by atoms with Crippen molar-refractivity contribution in [2.24, 2.45) is 5.92 Å². The fourth-order valence-corrected chi connectivity index (χ4v) is 4.63. The summed E-state index contributed by atoms with van der Waals surface area (Å²) in [4.78, 5) is 26.6. The number of carboxylic acid groups (broad SMARTS) is 1. The maximum Gasteiger partial charge on any atom is 0.337 e. The number of ether oxygens (including phenoxy) is 1. The number of halogens is 1. The van der Waals surface area contributed by atoms with Crippen molar-refractivity contribution >= 4 is 34.5 Å². The summed E-state index contributed by atoms with van der Waals surface area (Å²) >= 11 is 2.23. The summed E-state index contributed by atoms with van der Waals surface area (Å²) in [7, 11) is 0. The van der Waals surface area contributed by atoms with Crippen molar-refractivity contribution < 1.29 is 19.4 Å². The average molecular weight is 487 g/mol. The van der Waals surface area contributed by atoms with Crippen LogP contribution in [0.15, 0.2) is 0 Å². The van der Waals surface area contributed by atoms with Crippen molar-refractivity contribution in [3.05, 3.63) is 31.4 Å². The molecular formula is C21H30INO4. The van der Waals surface area contributed by atoms with E-state index >= 15 is 0 Å². The molecule has 0 aromatic heterocycles. The number of aliphatic carboxylic acids is 1. The fourth-order valence-electron chi connectivity index (χ4n) is 3.61. The van der Waals surface area contributed by atoms with E-state index in [0.717, 1.165) is 32.4 Å². The number of fused-ring (bicyclic) bond motifs is 1. The van der Waals surface area contributed by atoms with E-state index in [4.69, 9.17) is 4.74 Å². The van der Waals surface area contributed by atoms with E-state index in [-0.39, 0.29) is 5.91 Å². The Hall–Kier alpha value is -1.15. The predicted octanol–water partition coefficient (Wildman–Crippen LogP) is 4.39. The zero-order valence-corrected chi connectivity index (χ0v) is 19.4. The second-order valence-corrected chi connectivity index (χ2v) is 9.81. The van der Waals surface area contributed by atoms with Crippen LogP contribution in [0.3, 0.4) is 0 Å². The fraction of sp³-hybridized carbons (Fsp3) is 0.619. The number of hydrogen-bond acceptors (Lipinski definition) is 3. The maximum atomic E-state index is 12.7. The first-order valence-corrected chi connectivity index (χ1v) is 10.4. The van der Waals surface area contributed by atoms with Gasteiger partial charge in [0.25, 0.3) is 0 Å². The summed E-state index contributed by atoms with van der Waals surface area (Å²) in [5.41, 5.74) is 4.13. The first-order chi connectivity index (χ1) is 12.3. The molecule has 1 heterocycles. The Bertz CT molecular complexity index is 765. The van der Waals surface area contributed by atoms with Crippen LogP contribution < -0.4 is 0 Å². The highest BCUT2D eigenvalue weighted by atomic mass is 127. The SMILES string of the molecule is Cc1c(I)c(C(OC(C)(C)C)C(=O)O)c(C)c2c1CN(CC(C)C)C(=O)C2. The molecule has 1 amide bonds. The Kier molecular flexibility index (Phi) is 6.62. The van der Waals surface area contributed by atoms with Crippen molar-refractivity contribution in [1.82, 2.24) is 4.90 Å². The molecule has 0 spiro atoms. The molecule has 27 heavy (non-hydrogen) atoms. The lowest BCUT2D eigenvalue weighted by molar-refractivity contribution is -0.160. The second kappa shape index (κ2) is 8.07. The minimum absolute atomic E-state index is 0.106. The van der Waals surface area contributed by atoms with E-state index in [1.165, 1.54) is 0 Å². The lowest BCUT2D eigenvalue weighted by Gasteiger charge is -2.35. The molecule has 1 unspecified atom stereocenters. The number of hydrogen-bond donors (Lipinski definition) is 1. The van der Waals surface area contributed by atoms with Crippen molar-refractivity contribution in [3.8, 4) is 0 Å². The summed E-state index contributed by atoms with van der Waals surface area (Å²) in [6.07, 6.45) is -0.731. The zero-order valence-electron chi connectivity index (χ0n) is 17.3. The van der Waals surface area contributed by atoms with Gasteiger partial charge in [-0.1, -0.05) is 13.8 Å². The number of carboxylic acids is 1. The molecule has 2 rings (SSSR count). The van der Waals surface area contributed by atoms with Gasteiger partial charge < -0.3 is 14.7 Å². The number of carbonyl (C=O) groups excluding carboxylic acids is 1. The molecule has 5 nitrogen and oxygen atoms in total. The number of carbonyl (C=O) groups is 2. The van der Waals surface area contributed by atoms with E-state index in [1.54, 1.807) is 0 Å². The minimum atomic E-state index is -1.05. The summed E-state index contributed by atoms with van der Waals surface area (Å²) in [6, 6.07) is 0. The van der Waals surface area contributed by atoms with Gasteiger partial charge in [0.05, 0.1) is 12.0 Å². The molecule has 0 saturated heterocycles. The molecular weight excluding hydrogens is 457 g/mol. The van der Waals surface area contributed by atoms with Crippen molar-refractivity contribution in [3.63, 3.8) is 0 Å². The molecule has 1 atom stereocenters. The van der Waals surface area contributed by atoms with Crippen LogP contribution >= 0.6 is 22.6 Å². The second-order valence-electron chi connectivity index (χ2n) is 8.73. The molecule has 150 valence electrons. The maximum absolute atomic E-state index is 12.7. The first kappa shape index (κ1) is 22.1. The Labute approximate surface area is 175 Å². The Morgan fingerprint density at radius 3 is 2.30 bits per heavy atom. The van der Waals surface area contributed by atoms with Crippen LogP contribution in [0.4, 0.5) is 0 Å². The lowest BCUT2D eigenvalue weighted by atomic mass is 9.86. The van der Waals surface area contributed by atoms with Gasteiger partial charge in [-0.15, -0.1) is 0 Å². The van der Waals surface area contributed by atoms with Crippen molar-refractivity contribution in [2.75, 3.05) is 6.54 Å². The highest BCUT2D eigenvalue weighted by molar-refractivity contribution is 14.1. The number of rotatable bonds is 5. The van der Waals surface area contributed by atoms with Crippen LogP contribution in [0, 0.1) is 23.3 Å². The number of benzene rings is 1. The third-order valence-electron chi connectivity index (χ3n) is 4.81. The van der Waals surface area contributed by atoms with Crippen LogP contribution in [-0.2, 0) is 27.3 Å². The average Bonchev–Trinajstić information content (AvgIpc) is 2.51. The molecule has 1 N–H and O–H groups in total. The van der Waals surface area contributed by atoms with Crippen LogP contribution in [0.2, 0.25) is 0 Å². The normalized spacial score (nSPS) is 15.9. The van der Waals surface area contributed by atoms with E-state index < -0.39 is 17.7 Å². The van der Waals surface area contributed by atoms with E-state index in [1.807, 2.05) is 39.5 Å². The summed E-state index contributed by atoms with van der Waals surface area (Å²) in [5, 5.41) is 9.82. The van der Waals surface area contributed by atoms with Gasteiger partial charge in [0.1, 0.15) is 0 Å². The molecule has 0 aliphatic carbocycles. The molecule has 0 saturated carbocycles. The molecule has 0 fully saturated rings. The van der Waals surface area contributed by atoms with Gasteiger partial charge in [-0.2, -0.15) is 0 Å². The highest BCUT2D eigenvalue weighted by Gasteiger charge is 2.35. The minimum Gasteiger partial charge on any atom is -0.479 e. The molecule has 1 aliphatic rings. The van der Waals surface area contributed by atoms with Gasteiger partial charge in [0, 0.05) is 22.2 Å². The Morgan fingerprint density at radius 2 is 1.81 bits per heavy atom. The highest BCUT2D eigenvalue weighted by Crippen LogP contribution is 2.38. The van der Waals surface area contributed by atoms with Gasteiger partial charge in [-0.3, -0.25) is 4.79 Å². The summed E-state index contributed by atoms with van der Waals surface area (Å²) < 4.78 is 6.81. The third kappa shape index (κ3) is 4.83. The van der Waals surface area contributed by atoms with Gasteiger partial charge in [-0.05, 0) is 85.4 Å². The van der Waals surface area contributed by atoms with Gasteiger partial charge in [0.15, 0.2) is 6.10 Å². The third-order valence-corrected chi connectivity index (χ3v) is 6.20. The first-order valence-electron chi connectivity index (χ1n) is 9.32. The topological polar surface area (TPSA) is 66.8 Å². The molecule has 1 aromatic rings. The van der Waals surface area contributed by atoms with E-state index in [0.29, 0.717) is 24.4 Å². The van der Waals surface area contributed by atoms with Gasteiger partial charge in [-0.25, -0.2) is 4.79 Å². The predicted molar refractivity (Wildman–Crippen MR) is 114 cm³/mol. The standard InChI is InChI=1S/C21H30INO4/c1-11(2)9-23-10-15-13(4)18(22)17(12(3)14(15)8-16(23)24)19(20(25)26)27-21(5,6)7/h11,19H,8-10H2,1-7H3,(H,25,26). The van der Waals surface area contributed by atoms with E-state index in [2.05, 4.69) is 36.4 Å². The lowest BCUT2D eigenvalue weighted by Crippen LogP contribution is -2.39. The van der Waals surface area contributed by atoms with Crippen molar-refractivity contribution in [2.45, 2.75) is 73.1 Å². The Morgan fingerprint density at radius 1 is 1.22 bits per heavy atom. The molecule has 0 bridgehead atoms. The van der Waals surface area contributed by atoms with Gasteiger partial charge >= 0.3 is 5.97 Å². The van der Waals surface area contributed by atoms with Crippen LogP contribution in [-0.4, -0.2) is 34.0 Å². The molecule has 0 radical (unpaired) electrons. The van der Waals surface area contributed by atoms with Crippen LogP contribution in [0.5, 0.6) is 0 Å². The van der Waals surface area contributed by atoms with Gasteiger partial charge in [0.2, 0.25) is 5.91 Å². The largest absolute Gasteiger partial charge is 0.479 e. The zero-order chi connectivity index (χ0) is 20.7. The monoisotopic (exact) mass is 487 g/mol. The molecule has 1 aromatic carbocycles. The van der Waals surface area contributed by atoms with E-state index in [9.17, 15) is 14.7 Å².